The molecule has 10 rings (SSSR count). The molecular formula is C74H81ClF12N16O2. The van der Waals surface area contributed by atoms with E-state index in [1.54, 1.807) is 54.2 Å². The van der Waals surface area contributed by atoms with E-state index in [1.807, 2.05) is 45.0 Å². The molecule has 11 N–H and O–H groups in total. The number of hydrogen-bond donors (Lipinski definition) is 6. The SMILES string of the molecule is CCc1cc(-c2cc(C(C)(C)C)ccc2OC)nc(N)n1.CCc1cc(-c2cc(C(C)C)ccc2OC)nc(N)n1.CCc1cc(-c2cc(C(F)(F)F)ccc2C(F)(F)F)nc(N)n1.CCc1cc(-c2cc(C(F)(F)F)ccc2C)nc(N)n1.CNc1cc(-c2cc(Cl)c(C(F)(F)F)cc2C)nc(N)n1. The molecule has 10 aromatic rings. The van der Waals surface area contributed by atoms with Gasteiger partial charge in [-0.1, -0.05) is 92.1 Å². The van der Waals surface area contributed by atoms with Crippen LogP contribution < -0.4 is 43.5 Å². The van der Waals surface area contributed by atoms with Crippen molar-refractivity contribution in [3.8, 4) is 67.8 Å². The first-order chi connectivity index (χ1) is 48.9. The second-order valence-corrected chi connectivity index (χ2v) is 25.2. The second kappa shape index (κ2) is 34.8. The van der Waals surface area contributed by atoms with Gasteiger partial charge in [0, 0.05) is 63.7 Å². The molecule has 560 valence electrons. The molecule has 0 aliphatic heterocycles. The highest BCUT2D eigenvalue weighted by Crippen LogP contribution is 2.43. The standard InChI is InChI=1S/C17H23N3O.C16H21N3O.C14H11F6N3.C14H14F3N3.C13H12ClF3N4/c1-6-12-10-14(20-16(18)19-12)13-9-11(17(2,3)4)7-8-15(13)21-5;1-5-12-9-14(19-16(17)18-12)13-8-11(10(2)3)6-7-15(13)20-4;1-2-8-6-11(23-12(21)22-8)9-5-7(13(15,16)17)3-4-10(9)14(18,19)20;1-3-10-7-12(20-13(18)19-10)11-6-9(14(15,16)17)5-4-8(11)2;1-6-3-8(13(15,16)17)9(14)4-7(6)10-5-11(19-2)21-12(18)20-10/h7-10H,6H2,1-5H3,(H2,18,19,20);6-10H,5H2,1-4H3,(H2,17,18,19);3-6H,2H2,1H3,(H2,21,22,23);4-7H,3H2,1-2H3,(H2,18,19,20);3-5H,1-2H3,(H3,18,19,20,21). The van der Waals surface area contributed by atoms with Crippen LogP contribution in [0.4, 0.5) is 88.2 Å². The fraction of sp³-hybridized carbons (Fsp3) is 0.324. The van der Waals surface area contributed by atoms with Gasteiger partial charge in [0.25, 0.3) is 0 Å². The van der Waals surface area contributed by atoms with Crippen molar-refractivity contribution in [2.24, 2.45) is 0 Å². The summed E-state index contributed by atoms with van der Waals surface area (Å²) >= 11 is 5.74. The Balaban J connectivity index is 0.000000206. The van der Waals surface area contributed by atoms with E-state index in [-0.39, 0.29) is 34.0 Å². The Morgan fingerprint density at radius 1 is 0.390 bits per heavy atom. The van der Waals surface area contributed by atoms with Crippen molar-refractivity contribution in [3.63, 3.8) is 0 Å². The Bertz CT molecular complexity index is 4660. The topological polar surface area (TPSA) is 289 Å². The minimum Gasteiger partial charge on any atom is -0.496 e. The number of methoxy groups -OCH3 is 2. The molecule has 31 heteroatoms. The quantitative estimate of drug-likeness (QED) is 0.0585. The maximum Gasteiger partial charge on any atom is 0.417 e. The number of hydrogen-bond acceptors (Lipinski definition) is 18. The highest BCUT2D eigenvalue weighted by molar-refractivity contribution is 6.31. The van der Waals surface area contributed by atoms with Crippen LogP contribution in [0.5, 0.6) is 11.5 Å². The molecule has 0 amide bonds. The molecule has 0 radical (unpaired) electrons. The maximum atomic E-state index is 13.1. The Morgan fingerprint density at radius 2 is 0.743 bits per heavy atom. The zero-order valence-corrected chi connectivity index (χ0v) is 60.7. The summed E-state index contributed by atoms with van der Waals surface area (Å²) in [6, 6.07) is 27.8. The molecule has 5 aromatic carbocycles. The first-order valence-corrected chi connectivity index (χ1v) is 32.9. The van der Waals surface area contributed by atoms with Crippen LogP contribution in [0.1, 0.15) is 136 Å². The normalized spacial score (nSPS) is 11.6. The number of nitrogens with two attached hydrogens (primary N) is 5. The number of nitrogens with one attached hydrogen (secondary N) is 1. The summed E-state index contributed by atoms with van der Waals surface area (Å²) < 4.78 is 165. The zero-order valence-electron chi connectivity index (χ0n) is 60.0. The molecule has 0 fully saturated rings. The van der Waals surface area contributed by atoms with E-state index in [9.17, 15) is 52.7 Å². The summed E-state index contributed by atoms with van der Waals surface area (Å²) in [5.74, 6) is 2.90. The molecule has 0 aliphatic carbocycles. The molecule has 105 heavy (non-hydrogen) atoms. The van der Waals surface area contributed by atoms with Gasteiger partial charge >= 0.3 is 24.7 Å². The molecule has 0 bridgehead atoms. The zero-order chi connectivity index (χ0) is 78.4. The summed E-state index contributed by atoms with van der Waals surface area (Å²) in [6.07, 6.45) is -15.9. The van der Waals surface area contributed by atoms with Crippen LogP contribution in [0.2, 0.25) is 5.02 Å². The number of ether oxygens (including phenoxy) is 2. The Hall–Kier alpha value is -10.7. The number of aromatic nitrogens is 10. The van der Waals surface area contributed by atoms with Crippen LogP contribution >= 0.6 is 11.6 Å². The van der Waals surface area contributed by atoms with Gasteiger partial charge < -0.3 is 43.5 Å². The van der Waals surface area contributed by atoms with Crippen LogP contribution in [-0.4, -0.2) is 71.1 Å². The monoisotopic (exact) mass is 1490 g/mol. The third-order valence-electron chi connectivity index (χ3n) is 15.8. The summed E-state index contributed by atoms with van der Waals surface area (Å²) in [5.41, 5.74) is 35.0. The first-order valence-electron chi connectivity index (χ1n) is 32.5. The lowest BCUT2D eigenvalue weighted by Gasteiger charge is -2.21. The van der Waals surface area contributed by atoms with Gasteiger partial charge in [-0.2, -0.15) is 57.7 Å². The highest BCUT2D eigenvalue weighted by Gasteiger charge is 2.39. The number of halogens is 13. The van der Waals surface area contributed by atoms with Crippen molar-refractivity contribution in [2.75, 3.05) is 55.3 Å². The van der Waals surface area contributed by atoms with Crippen molar-refractivity contribution in [2.45, 2.75) is 138 Å². The van der Waals surface area contributed by atoms with Crippen molar-refractivity contribution < 1.29 is 62.2 Å². The number of anilines is 6. The van der Waals surface area contributed by atoms with E-state index < -0.39 is 52.5 Å². The number of rotatable bonds is 13. The Labute approximate surface area is 605 Å². The van der Waals surface area contributed by atoms with Gasteiger partial charge in [0.05, 0.1) is 70.0 Å². The molecule has 18 nitrogen and oxygen atoms in total. The number of aryl methyl sites for hydroxylation is 6. The van der Waals surface area contributed by atoms with E-state index in [4.69, 9.17) is 49.7 Å². The lowest BCUT2D eigenvalue weighted by atomic mass is 9.85. The molecule has 0 atom stereocenters. The van der Waals surface area contributed by atoms with E-state index in [2.05, 4.69) is 114 Å². The number of nitrogen functional groups attached to an aromatic ring is 5. The van der Waals surface area contributed by atoms with Gasteiger partial charge in [-0.15, -0.1) is 0 Å². The van der Waals surface area contributed by atoms with E-state index in [1.165, 1.54) is 29.3 Å². The van der Waals surface area contributed by atoms with Crippen LogP contribution in [0, 0.1) is 13.8 Å². The van der Waals surface area contributed by atoms with Crippen molar-refractivity contribution >= 4 is 47.2 Å². The fourth-order valence-corrected chi connectivity index (χ4v) is 10.4. The summed E-state index contributed by atoms with van der Waals surface area (Å²) in [4.78, 5) is 40.6. The van der Waals surface area contributed by atoms with Crippen molar-refractivity contribution in [3.05, 3.63) is 188 Å². The summed E-state index contributed by atoms with van der Waals surface area (Å²) in [5, 5.41) is 2.42. The molecule has 5 heterocycles. The molecule has 5 aromatic heterocycles. The number of benzene rings is 5. The first kappa shape index (κ1) is 83.3. The van der Waals surface area contributed by atoms with Crippen LogP contribution in [0.3, 0.4) is 0 Å². The third kappa shape index (κ3) is 22.7. The third-order valence-corrected chi connectivity index (χ3v) is 16.1. The van der Waals surface area contributed by atoms with Gasteiger partial charge in [0.1, 0.15) is 17.3 Å². The largest absolute Gasteiger partial charge is 0.496 e. The van der Waals surface area contributed by atoms with Gasteiger partial charge in [0.15, 0.2) is 0 Å². The van der Waals surface area contributed by atoms with E-state index >= 15 is 0 Å². The van der Waals surface area contributed by atoms with E-state index in [0.717, 1.165) is 76.4 Å². The second-order valence-electron chi connectivity index (χ2n) is 24.8. The van der Waals surface area contributed by atoms with Gasteiger partial charge in [-0.25, -0.2) is 44.9 Å². The molecule has 0 saturated carbocycles. The van der Waals surface area contributed by atoms with Crippen LogP contribution in [0.25, 0.3) is 56.3 Å². The van der Waals surface area contributed by atoms with Crippen molar-refractivity contribution in [1.82, 2.24) is 49.8 Å². The molecular weight excluding hydrogens is 1410 g/mol. The Kier molecular flexibility index (Phi) is 27.6. The molecule has 0 unspecified atom stereocenters. The predicted octanol–water partition coefficient (Wildman–Crippen LogP) is 18.7. The minimum absolute atomic E-state index is 0.0206. The molecule has 0 aliphatic rings. The number of nitrogens with zero attached hydrogens (tertiary/aromatic N) is 10. The van der Waals surface area contributed by atoms with Crippen molar-refractivity contribution in [1.29, 1.82) is 0 Å². The van der Waals surface area contributed by atoms with Gasteiger partial charge in [-0.05, 0) is 164 Å². The predicted molar refractivity (Wildman–Crippen MR) is 387 cm³/mol. The number of alkyl halides is 12. The van der Waals surface area contributed by atoms with Gasteiger partial charge in [0.2, 0.25) is 29.7 Å². The lowest BCUT2D eigenvalue weighted by Crippen LogP contribution is -2.12. The van der Waals surface area contributed by atoms with Gasteiger partial charge in [-0.3, -0.25) is 0 Å². The highest BCUT2D eigenvalue weighted by atomic mass is 35.5. The van der Waals surface area contributed by atoms with E-state index in [0.29, 0.717) is 99.7 Å². The smallest absolute Gasteiger partial charge is 0.417 e. The molecule has 0 spiro atoms. The lowest BCUT2D eigenvalue weighted by molar-refractivity contribution is -0.141. The maximum absolute atomic E-state index is 13.1. The minimum atomic E-state index is -4.83. The Morgan fingerprint density at radius 3 is 1.13 bits per heavy atom. The summed E-state index contributed by atoms with van der Waals surface area (Å²) in [7, 11) is 4.98. The fourth-order valence-electron chi connectivity index (χ4n) is 10.2. The molecule has 0 saturated heterocycles. The average molecular weight is 1490 g/mol. The average Bonchev–Trinajstić information content (AvgIpc) is 0.795. The van der Waals surface area contributed by atoms with Crippen LogP contribution in [-0.2, 0) is 55.8 Å². The summed E-state index contributed by atoms with van der Waals surface area (Å²) in [6.45, 7) is 21.8. The van der Waals surface area contributed by atoms with Crippen LogP contribution in [0.15, 0.2) is 115 Å².